The van der Waals surface area contributed by atoms with Crippen molar-refractivity contribution >= 4 is 10.8 Å². The lowest BCUT2D eigenvalue weighted by molar-refractivity contribution is -0.659. The molecule has 0 radical (unpaired) electrons. The summed E-state index contributed by atoms with van der Waals surface area (Å²) in [7, 11) is 2.15. The molecule has 1 aliphatic carbocycles. The van der Waals surface area contributed by atoms with Gasteiger partial charge in [-0.2, -0.15) is 0 Å². The molecule has 2 aliphatic rings. The highest BCUT2D eigenvalue weighted by atomic mass is 16.5. The van der Waals surface area contributed by atoms with Crippen molar-refractivity contribution in [2.45, 2.75) is 63.9 Å². The molecule has 1 saturated carbocycles. The molecule has 0 bridgehead atoms. The van der Waals surface area contributed by atoms with Crippen molar-refractivity contribution in [1.29, 1.82) is 0 Å². The van der Waals surface area contributed by atoms with Crippen LogP contribution in [-0.4, -0.2) is 5.60 Å². The van der Waals surface area contributed by atoms with Gasteiger partial charge in [0.1, 0.15) is 18.4 Å². The maximum atomic E-state index is 6.81. The third-order valence-electron chi connectivity index (χ3n) is 7.36. The molecule has 3 aromatic rings. The van der Waals surface area contributed by atoms with E-state index in [1.807, 2.05) is 0 Å². The van der Waals surface area contributed by atoms with Crippen LogP contribution in [0.15, 0.2) is 48.7 Å². The molecule has 1 fully saturated rings. The largest absolute Gasteiger partial charge is 0.486 e. The van der Waals surface area contributed by atoms with Crippen molar-refractivity contribution in [3.8, 4) is 17.0 Å². The molecule has 0 amide bonds. The summed E-state index contributed by atoms with van der Waals surface area (Å²) < 4.78 is 9.06. The number of fused-ring (bicyclic) bond motifs is 3. The van der Waals surface area contributed by atoms with Gasteiger partial charge in [0, 0.05) is 22.4 Å². The molecular weight excluding hydrogens is 342 g/mol. The van der Waals surface area contributed by atoms with E-state index in [0.29, 0.717) is 0 Å². The third-order valence-corrected chi connectivity index (χ3v) is 7.36. The summed E-state index contributed by atoms with van der Waals surface area (Å²) in [6.45, 7) is 6.82. The van der Waals surface area contributed by atoms with Crippen LogP contribution in [0.25, 0.3) is 22.0 Å². The zero-order valence-corrected chi connectivity index (χ0v) is 17.5. The first-order valence-electron chi connectivity index (χ1n) is 10.6. The summed E-state index contributed by atoms with van der Waals surface area (Å²) >= 11 is 0. The van der Waals surface area contributed by atoms with Crippen LogP contribution in [0.2, 0.25) is 0 Å². The summed E-state index contributed by atoms with van der Waals surface area (Å²) in [5.74, 6) is 1.12. The van der Waals surface area contributed by atoms with Gasteiger partial charge in [0.2, 0.25) is 5.69 Å². The molecule has 1 aromatic heterocycles. The Labute approximate surface area is 168 Å². The van der Waals surface area contributed by atoms with Crippen LogP contribution < -0.4 is 9.30 Å². The van der Waals surface area contributed by atoms with E-state index in [1.165, 1.54) is 65.3 Å². The first kappa shape index (κ1) is 17.7. The van der Waals surface area contributed by atoms with E-state index in [-0.39, 0.29) is 11.0 Å². The molecule has 1 spiro atoms. The highest BCUT2D eigenvalue weighted by Crippen LogP contribution is 2.58. The average molecular weight is 373 g/mol. The molecule has 1 aliphatic heterocycles. The van der Waals surface area contributed by atoms with E-state index < -0.39 is 0 Å². The monoisotopic (exact) mass is 372 g/mol. The molecule has 0 unspecified atom stereocenters. The second-order valence-electron chi connectivity index (χ2n) is 9.29. The Hall–Kier alpha value is -2.35. The maximum Gasteiger partial charge on any atom is 0.216 e. The summed E-state index contributed by atoms with van der Waals surface area (Å²) in [5.41, 5.74) is 5.21. The number of rotatable bonds is 1. The molecule has 2 nitrogen and oxygen atoms in total. The second-order valence-corrected chi connectivity index (χ2v) is 9.29. The molecule has 144 valence electrons. The lowest BCUT2D eigenvalue weighted by Crippen LogP contribution is -2.47. The first-order chi connectivity index (χ1) is 13.4. The van der Waals surface area contributed by atoms with Crippen molar-refractivity contribution < 1.29 is 9.30 Å². The number of hydrogen-bond donors (Lipinski definition) is 0. The molecule has 5 rings (SSSR count). The maximum absolute atomic E-state index is 6.81. The van der Waals surface area contributed by atoms with Gasteiger partial charge >= 0.3 is 0 Å². The zero-order chi connectivity index (χ0) is 19.5. The Bertz CT molecular complexity index is 1070. The van der Waals surface area contributed by atoms with Crippen LogP contribution in [0.4, 0.5) is 0 Å². The van der Waals surface area contributed by atoms with Crippen LogP contribution >= 0.6 is 0 Å². The van der Waals surface area contributed by atoms with E-state index in [0.717, 1.165) is 5.75 Å². The number of pyridine rings is 1. The van der Waals surface area contributed by atoms with Crippen molar-refractivity contribution in [1.82, 2.24) is 0 Å². The predicted octanol–water partition coefficient (Wildman–Crippen LogP) is 6.01. The van der Waals surface area contributed by atoms with Gasteiger partial charge < -0.3 is 4.74 Å². The number of hydrogen-bond acceptors (Lipinski definition) is 1. The van der Waals surface area contributed by atoms with Crippen LogP contribution in [0.3, 0.4) is 0 Å². The zero-order valence-electron chi connectivity index (χ0n) is 17.5. The fraction of sp³-hybridized carbons (Fsp3) is 0.423. The van der Waals surface area contributed by atoms with E-state index in [2.05, 4.69) is 81.0 Å². The Kier molecular flexibility index (Phi) is 3.84. The first-order valence-corrected chi connectivity index (χ1v) is 10.6. The van der Waals surface area contributed by atoms with Gasteiger partial charge in [-0.15, -0.1) is 0 Å². The Morgan fingerprint density at radius 2 is 1.64 bits per heavy atom. The number of aryl methyl sites for hydroxylation is 2. The Morgan fingerprint density at radius 1 is 0.929 bits per heavy atom. The van der Waals surface area contributed by atoms with Gasteiger partial charge in [-0.1, -0.05) is 49.6 Å². The number of aromatic nitrogens is 1. The number of nitrogens with zero attached hydrogens (tertiary/aromatic N) is 1. The summed E-state index contributed by atoms with van der Waals surface area (Å²) in [6, 6.07) is 15.6. The molecule has 2 heteroatoms. The fourth-order valence-corrected chi connectivity index (χ4v) is 5.72. The van der Waals surface area contributed by atoms with Gasteiger partial charge in [-0.3, -0.25) is 0 Å². The van der Waals surface area contributed by atoms with Crippen LogP contribution in [-0.2, 0) is 12.5 Å². The SMILES string of the molecule is Cc1ccc2c(c1-c1cc3ccccc3c[n+]1C)OC(C)(C)C21CCCCC1. The lowest BCUT2D eigenvalue weighted by Gasteiger charge is -2.43. The number of ether oxygens (including phenoxy) is 1. The Balaban J connectivity index is 1.77. The van der Waals surface area contributed by atoms with Gasteiger partial charge in [0.05, 0.1) is 5.56 Å². The quantitative estimate of drug-likeness (QED) is 0.477. The molecule has 2 aromatic carbocycles. The van der Waals surface area contributed by atoms with Crippen LogP contribution in [0, 0.1) is 6.92 Å². The number of benzene rings is 2. The average Bonchev–Trinajstić information content (AvgIpc) is 2.88. The van der Waals surface area contributed by atoms with E-state index in [4.69, 9.17) is 4.74 Å². The van der Waals surface area contributed by atoms with Crippen molar-refractivity contribution in [3.05, 3.63) is 59.8 Å². The minimum atomic E-state index is -0.159. The lowest BCUT2D eigenvalue weighted by atomic mass is 9.62. The fourth-order valence-electron chi connectivity index (χ4n) is 5.72. The summed E-state index contributed by atoms with van der Waals surface area (Å²) in [5, 5.41) is 2.54. The Morgan fingerprint density at radius 3 is 2.39 bits per heavy atom. The van der Waals surface area contributed by atoms with Gasteiger partial charge in [-0.05, 0) is 50.6 Å². The van der Waals surface area contributed by atoms with Crippen LogP contribution in [0.5, 0.6) is 5.75 Å². The minimum absolute atomic E-state index is 0.151. The van der Waals surface area contributed by atoms with Crippen molar-refractivity contribution in [3.63, 3.8) is 0 Å². The molecule has 0 atom stereocenters. The normalized spacial score (nSPS) is 19.6. The van der Waals surface area contributed by atoms with Crippen molar-refractivity contribution in [2.75, 3.05) is 0 Å². The third kappa shape index (κ3) is 2.36. The van der Waals surface area contributed by atoms with Gasteiger partial charge in [0.25, 0.3) is 0 Å². The van der Waals surface area contributed by atoms with Gasteiger partial charge in [0.15, 0.2) is 6.20 Å². The highest BCUT2D eigenvalue weighted by Gasteiger charge is 2.55. The predicted molar refractivity (Wildman–Crippen MR) is 115 cm³/mol. The van der Waals surface area contributed by atoms with Gasteiger partial charge in [-0.25, -0.2) is 4.57 Å². The highest BCUT2D eigenvalue weighted by molar-refractivity contribution is 5.85. The summed E-state index contributed by atoms with van der Waals surface area (Å²) in [6.07, 6.45) is 8.67. The van der Waals surface area contributed by atoms with Crippen LogP contribution in [0.1, 0.15) is 57.1 Å². The molecular formula is C26H30NO+. The standard InChI is InChI=1S/C26H30NO/c1-18-12-13-21-24(28-25(2,3)26(21)14-8-5-9-15-26)23(18)22-16-19-10-6-7-11-20(19)17-27(22)4/h6-7,10-13,16-17H,5,8-9,14-15H2,1-4H3/q+1. The minimum Gasteiger partial charge on any atom is -0.486 e. The smallest absolute Gasteiger partial charge is 0.216 e. The molecule has 0 N–H and O–H groups in total. The van der Waals surface area contributed by atoms with E-state index in [9.17, 15) is 0 Å². The topological polar surface area (TPSA) is 13.1 Å². The summed E-state index contributed by atoms with van der Waals surface area (Å²) in [4.78, 5) is 0. The molecule has 0 saturated heterocycles. The molecule has 28 heavy (non-hydrogen) atoms. The van der Waals surface area contributed by atoms with E-state index >= 15 is 0 Å². The molecule has 2 heterocycles. The van der Waals surface area contributed by atoms with Crippen molar-refractivity contribution in [2.24, 2.45) is 7.05 Å². The second kappa shape index (κ2) is 6.07. The van der Waals surface area contributed by atoms with E-state index in [1.54, 1.807) is 0 Å².